The van der Waals surface area contributed by atoms with Gasteiger partial charge in [-0.05, 0) is 29.5 Å². The van der Waals surface area contributed by atoms with Gasteiger partial charge in [0.25, 0.3) is 0 Å². The molecule has 0 aliphatic heterocycles. The molecular formula is C15H23NO3. The summed E-state index contributed by atoms with van der Waals surface area (Å²) in [6.45, 7) is 6.16. The van der Waals surface area contributed by atoms with E-state index < -0.39 is 0 Å². The van der Waals surface area contributed by atoms with Crippen molar-refractivity contribution in [2.24, 2.45) is 5.41 Å². The number of amides is 1. The molecule has 0 aliphatic carbocycles. The number of nitrogens with one attached hydrogen (secondary N) is 1. The second-order valence-corrected chi connectivity index (χ2v) is 6.06. The molecule has 1 atom stereocenters. The van der Waals surface area contributed by atoms with Crippen LogP contribution >= 0.6 is 0 Å². The van der Waals surface area contributed by atoms with Crippen LogP contribution in [0.3, 0.4) is 0 Å². The summed E-state index contributed by atoms with van der Waals surface area (Å²) in [4.78, 5) is 11.9. The molecule has 4 nitrogen and oxygen atoms in total. The van der Waals surface area contributed by atoms with Crippen LogP contribution in [0.15, 0.2) is 24.3 Å². The van der Waals surface area contributed by atoms with Crippen molar-refractivity contribution in [1.82, 2.24) is 5.32 Å². The van der Waals surface area contributed by atoms with Crippen LogP contribution < -0.4 is 5.32 Å². The number of carbonyl (C=O) groups is 1. The fourth-order valence-corrected chi connectivity index (χ4v) is 1.98. The number of hydrogen-bond acceptors (Lipinski definition) is 3. The molecule has 0 aliphatic rings. The number of phenols is 1. The van der Waals surface area contributed by atoms with Crippen molar-refractivity contribution in [3.8, 4) is 5.75 Å². The second-order valence-electron chi connectivity index (χ2n) is 6.06. The van der Waals surface area contributed by atoms with E-state index in [1.807, 2.05) is 0 Å². The van der Waals surface area contributed by atoms with E-state index in [-0.39, 0.29) is 36.1 Å². The Bertz CT molecular complexity index is 406. The van der Waals surface area contributed by atoms with E-state index in [0.29, 0.717) is 0 Å². The maximum atomic E-state index is 11.9. The summed E-state index contributed by atoms with van der Waals surface area (Å²) in [6.07, 6.45) is 0.978. The molecule has 1 amide bonds. The molecule has 4 heteroatoms. The zero-order valence-corrected chi connectivity index (χ0v) is 11.8. The minimum absolute atomic E-state index is 0.0548. The highest BCUT2D eigenvalue weighted by Gasteiger charge is 2.19. The van der Waals surface area contributed by atoms with Crippen LogP contribution in [0.1, 0.15) is 32.8 Å². The van der Waals surface area contributed by atoms with Crippen LogP contribution in [-0.2, 0) is 11.2 Å². The molecule has 0 radical (unpaired) electrons. The summed E-state index contributed by atoms with van der Waals surface area (Å²) >= 11 is 0. The van der Waals surface area contributed by atoms with Gasteiger partial charge in [0.2, 0.25) is 5.91 Å². The van der Waals surface area contributed by atoms with Crippen molar-refractivity contribution < 1.29 is 15.0 Å². The van der Waals surface area contributed by atoms with Crippen LogP contribution in [0.5, 0.6) is 5.75 Å². The van der Waals surface area contributed by atoms with Crippen molar-refractivity contribution in [3.63, 3.8) is 0 Å². The van der Waals surface area contributed by atoms with E-state index in [1.165, 1.54) is 0 Å². The van der Waals surface area contributed by atoms with Crippen LogP contribution in [0.4, 0.5) is 0 Å². The Labute approximate surface area is 114 Å². The van der Waals surface area contributed by atoms with Crippen molar-refractivity contribution >= 4 is 5.91 Å². The first-order valence-corrected chi connectivity index (χ1v) is 6.48. The maximum Gasteiger partial charge on any atom is 0.224 e. The van der Waals surface area contributed by atoms with Gasteiger partial charge in [0.05, 0.1) is 19.1 Å². The van der Waals surface area contributed by atoms with Crippen LogP contribution in [0.2, 0.25) is 0 Å². The SMILES string of the molecule is CC(C)(C)CC(CO)NC(=O)Cc1ccc(O)cc1. The Morgan fingerprint density at radius 1 is 1.26 bits per heavy atom. The summed E-state index contributed by atoms with van der Waals surface area (Å²) < 4.78 is 0. The molecule has 0 saturated carbocycles. The van der Waals surface area contributed by atoms with Crippen molar-refractivity contribution in [1.29, 1.82) is 0 Å². The molecule has 0 fully saturated rings. The van der Waals surface area contributed by atoms with Gasteiger partial charge in [0.15, 0.2) is 0 Å². The number of rotatable bonds is 5. The molecule has 0 saturated heterocycles. The summed E-state index contributed by atoms with van der Waals surface area (Å²) in [5.41, 5.74) is 0.891. The fraction of sp³-hybridized carbons (Fsp3) is 0.533. The molecule has 0 bridgehead atoms. The lowest BCUT2D eigenvalue weighted by atomic mass is 9.88. The monoisotopic (exact) mass is 265 g/mol. The zero-order valence-electron chi connectivity index (χ0n) is 11.8. The second kappa shape index (κ2) is 6.57. The van der Waals surface area contributed by atoms with Gasteiger partial charge in [-0.25, -0.2) is 0 Å². The average molecular weight is 265 g/mol. The number of carbonyl (C=O) groups excluding carboxylic acids is 1. The number of aliphatic hydroxyl groups is 1. The van der Waals surface area contributed by atoms with E-state index in [9.17, 15) is 9.90 Å². The van der Waals surface area contributed by atoms with Crippen LogP contribution in [0.25, 0.3) is 0 Å². The van der Waals surface area contributed by atoms with Gasteiger partial charge in [-0.1, -0.05) is 32.9 Å². The van der Waals surface area contributed by atoms with Crippen LogP contribution in [0, 0.1) is 5.41 Å². The molecule has 1 aromatic rings. The third-order valence-electron chi connectivity index (χ3n) is 2.75. The maximum absolute atomic E-state index is 11.9. The minimum Gasteiger partial charge on any atom is -0.508 e. The van der Waals surface area contributed by atoms with Gasteiger partial charge < -0.3 is 15.5 Å². The molecule has 1 aromatic carbocycles. The Morgan fingerprint density at radius 3 is 2.32 bits per heavy atom. The van der Waals surface area contributed by atoms with E-state index in [1.54, 1.807) is 24.3 Å². The van der Waals surface area contributed by atoms with Gasteiger partial charge in [0.1, 0.15) is 5.75 Å². The predicted molar refractivity (Wildman–Crippen MR) is 74.9 cm³/mol. The lowest BCUT2D eigenvalue weighted by molar-refractivity contribution is -0.121. The number of benzene rings is 1. The molecule has 106 valence electrons. The van der Waals surface area contributed by atoms with Gasteiger partial charge in [0, 0.05) is 0 Å². The van der Waals surface area contributed by atoms with Crippen LogP contribution in [-0.4, -0.2) is 28.8 Å². The molecule has 3 N–H and O–H groups in total. The van der Waals surface area contributed by atoms with E-state index >= 15 is 0 Å². The first-order chi connectivity index (χ1) is 8.80. The first kappa shape index (κ1) is 15.5. The molecule has 0 heterocycles. The Kier molecular flexibility index (Phi) is 5.36. The van der Waals surface area contributed by atoms with E-state index in [0.717, 1.165) is 12.0 Å². The standard InChI is InChI=1S/C15H23NO3/c1-15(2,3)9-12(10-17)16-14(19)8-11-4-6-13(18)7-5-11/h4-7,12,17-18H,8-10H2,1-3H3,(H,16,19). The van der Waals surface area contributed by atoms with Crippen molar-refractivity contribution in [2.45, 2.75) is 39.7 Å². The van der Waals surface area contributed by atoms with Crippen molar-refractivity contribution in [2.75, 3.05) is 6.61 Å². The lowest BCUT2D eigenvalue weighted by Gasteiger charge is -2.25. The Morgan fingerprint density at radius 2 is 1.84 bits per heavy atom. The largest absolute Gasteiger partial charge is 0.508 e. The Balaban J connectivity index is 2.51. The normalized spacial score (nSPS) is 13.1. The van der Waals surface area contributed by atoms with Gasteiger partial charge in [-0.15, -0.1) is 0 Å². The molecule has 0 aromatic heterocycles. The van der Waals surface area contributed by atoms with E-state index in [4.69, 9.17) is 5.11 Å². The highest BCUT2D eigenvalue weighted by atomic mass is 16.3. The number of aliphatic hydroxyl groups excluding tert-OH is 1. The highest BCUT2D eigenvalue weighted by molar-refractivity contribution is 5.78. The average Bonchev–Trinajstić information content (AvgIpc) is 2.29. The summed E-state index contributed by atoms with van der Waals surface area (Å²) in [5.74, 6) is 0.0686. The van der Waals surface area contributed by atoms with Gasteiger partial charge >= 0.3 is 0 Å². The summed E-state index contributed by atoms with van der Waals surface area (Å²) in [7, 11) is 0. The van der Waals surface area contributed by atoms with Crippen molar-refractivity contribution in [3.05, 3.63) is 29.8 Å². The Hall–Kier alpha value is -1.55. The lowest BCUT2D eigenvalue weighted by Crippen LogP contribution is -2.40. The molecule has 1 unspecified atom stereocenters. The third kappa shape index (κ3) is 6.25. The fourth-order valence-electron chi connectivity index (χ4n) is 1.98. The molecular weight excluding hydrogens is 242 g/mol. The van der Waals surface area contributed by atoms with Gasteiger partial charge in [-0.2, -0.15) is 0 Å². The summed E-state index contributed by atoms with van der Waals surface area (Å²) in [6, 6.07) is 6.33. The van der Waals surface area contributed by atoms with Gasteiger partial charge in [-0.3, -0.25) is 4.79 Å². The third-order valence-corrected chi connectivity index (χ3v) is 2.75. The number of aromatic hydroxyl groups is 1. The topological polar surface area (TPSA) is 69.6 Å². The molecule has 19 heavy (non-hydrogen) atoms. The number of phenolic OH excluding ortho intramolecular Hbond substituents is 1. The highest BCUT2D eigenvalue weighted by Crippen LogP contribution is 2.20. The zero-order chi connectivity index (χ0) is 14.5. The predicted octanol–water partition coefficient (Wildman–Crippen LogP) is 1.85. The first-order valence-electron chi connectivity index (χ1n) is 6.48. The quantitative estimate of drug-likeness (QED) is 0.761. The molecule has 1 rings (SSSR count). The molecule has 0 spiro atoms. The van der Waals surface area contributed by atoms with E-state index in [2.05, 4.69) is 26.1 Å². The minimum atomic E-state index is -0.218. The smallest absolute Gasteiger partial charge is 0.224 e. The summed E-state index contributed by atoms with van der Waals surface area (Å²) in [5, 5.41) is 21.3. The number of hydrogen-bond donors (Lipinski definition) is 3.